The number of aromatic nitrogens is 2. The zero-order valence-electron chi connectivity index (χ0n) is 16.7. The molecule has 0 spiro atoms. The second-order valence-electron chi connectivity index (χ2n) is 6.80. The van der Waals surface area contributed by atoms with E-state index in [0.717, 1.165) is 5.56 Å². The maximum Gasteiger partial charge on any atom is 0.338 e. The van der Waals surface area contributed by atoms with E-state index < -0.39 is 12.1 Å². The number of ether oxygens (including phenoxy) is 2. The lowest BCUT2D eigenvalue weighted by Gasteiger charge is -2.10. The first kappa shape index (κ1) is 20.3. The molecule has 0 fully saturated rings. The van der Waals surface area contributed by atoms with Crippen LogP contribution >= 0.6 is 0 Å². The molecule has 4 rings (SSSR count). The van der Waals surface area contributed by atoms with Crippen molar-refractivity contribution in [3.8, 4) is 17.2 Å². The molecule has 0 bridgehead atoms. The van der Waals surface area contributed by atoms with Gasteiger partial charge in [-0.25, -0.2) is 9.18 Å². The van der Waals surface area contributed by atoms with Gasteiger partial charge in [0.2, 0.25) is 5.89 Å². The molecule has 1 atom stereocenters. The Morgan fingerprint density at radius 1 is 0.968 bits per heavy atom. The highest BCUT2D eigenvalue weighted by Gasteiger charge is 2.20. The number of nitrogens with zero attached hydrogens (tertiary/aromatic N) is 2. The number of rotatable bonds is 7. The summed E-state index contributed by atoms with van der Waals surface area (Å²) in [6, 6.07) is 22.2. The number of hydrogen-bond acceptors (Lipinski definition) is 6. The molecule has 0 saturated heterocycles. The molecule has 1 heterocycles. The van der Waals surface area contributed by atoms with Crippen molar-refractivity contribution in [1.29, 1.82) is 0 Å². The van der Waals surface area contributed by atoms with E-state index in [1.54, 1.807) is 31.2 Å². The number of halogens is 1. The number of hydrogen-bond donors (Lipinski definition) is 0. The molecular weight excluding hydrogens is 399 g/mol. The Morgan fingerprint density at radius 3 is 2.39 bits per heavy atom. The average molecular weight is 418 g/mol. The zero-order valence-corrected chi connectivity index (χ0v) is 16.7. The lowest BCUT2D eigenvalue weighted by atomic mass is 10.2. The quantitative estimate of drug-likeness (QED) is 0.376. The molecule has 3 aromatic carbocycles. The molecule has 0 radical (unpaired) electrons. The SMILES string of the molecule is C[C@H](OC(=O)c1ccc(OCc2ccccc2)cc1)c1nnc(-c2ccc(F)cc2)o1. The first-order valence-electron chi connectivity index (χ1n) is 9.65. The molecular formula is C24H19FN2O4. The van der Waals surface area contributed by atoms with Crippen LogP contribution in [0.3, 0.4) is 0 Å². The Balaban J connectivity index is 1.35. The van der Waals surface area contributed by atoms with Gasteiger partial charge in [0.15, 0.2) is 6.10 Å². The smallest absolute Gasteiger partial charge is 0.338 e. The van der Waals surface area contributed by atoms with Gasteiger partial charge in [-0.05, 0) is 61.0 Å². The summed E-state index contributed by atoms with van der Waals surface area (Å²) in [5.41, 5.74) is 2.00. The van der Waals surface area contributed by atoms with E-state index in [1.165, 1.54) is 24.3 Å². The summed E-state index contributed by atoms with van der Waals surface area (Å²) < 4.78 is 29.8. The Kier molecular flexibility index (Phi) is 6.03. The number of esters is 1. The van der Waals surface area contributed by atoms with Crippen molar-refractivity contribution >= 4 is 5.97 Å². The molecule has 0 saturated carbocycles. The average Bonchev–Trinajstić information content (AvgIpc) is 3.30. The third-order valence-corrected chi connectivity index (χ3v) is 4.50. The fraction of sp³-hybridized carbons (Fsp3) is 0.125. The van der Waals surface area contributed by atoms with Crippen molar-refractivity contribution in [2.45, 2.75) is 19.6 Å². The van der Waals surface area contributed by atoms with Crippen LogP contribution in [0.15, 0.2) is 83.3 Å². The highest BCUT2D eigenvalue weighted by molar-refractivity contribution is 5.89. The highest BCUT2D eigenvalue weighted by atomic mass is 19.1. The van der Waals surface area contributed by atoms with Gasteiger partial charge in [-0.3, -0.25) is 0 Å². The van der Waals surface area contributed by atoms with E-state index in [9.17, 15) is 9.18 Å². The fourth-order valence-corrected chi connectivity index (χ4v) is 2.82. The van der Waals surface area contributed by atoms with E-state index in [4.69, 9.17) is 13.9 Å². The molecule has 7 heteroatoms. The van der Waals surface area contributed by atoms with Crippen molar-refractivity contribution in [3.63, 3.8) is 0 Å². The molecule has 0 aliphatic heterocycles. The van der Waals surface area contributed by atoms with Gasteiger partial charge in [0.25, 0.3) is 5.89 Å². The minimum atomic E-state index is -0.747. The summed E-state index contributed by atoms with van der Waals surface area (Å²) in [5, 5.41) is 7.85. The van der Waals surface area contributed by atoms with Crippen molar-refractivity contribution in [2.75, 3.05) is 0 Å². The van der Waals surface area contributed by atoms with Crippen LogP contribution in [0.2, 0.25) is 0 Å². The predicted molar refractivity (Wildman–Crippen MR) is 111 cm³/mol. The first-order valence-corrected chi connectivity index (χ1v) is 9.65. The predicted octanol–water partition coefficient (Wildman–Crippen LogP) is 5.37. The fourth-order valence-electron chi connectivity index (χ4n) is 2.82. The summed E-state index contributed by atoms with van der Waals surface area (Å²) in [4.78, 5) is 12.4. The maximum atomic E-state index is 13.1. The summed E-state index contributed by atoms with van der Waals surface area (Å²) >= 11 is 0. The third kappa shape index (κ3) is 5.14. The van der Waals surface area contributed by atoms with Gasteiger partial charge in [-0.15, -0.1) is 10.2 Å². The van der Waals surface area contributed by atoms with Gasteiger partial charge in [-0.1, -0.05) is 30.3 Å². The number of carbonyl (C=O) groups excluding carboxylic acids is 1. The van der Waals surface area contributed by atoms with Crippen molar-refractivity contribution in [1.82, 2.24) is 10.2 Å². The normalized spacial score (nSPS) is 11.7. The monoisotopic (exact) mass is 418 g/mol. The van der Waals surface area contributed by atoms with Crippen LogP contribution in [0.5, 0.6) is 5.75 Å². The summed E-state index contributed by atoms with van der Waals surface area (Å²) in [6.45, 7) is 2.08. The lowest BCUT2D eigenvalue weighted by Crippen LogP contribution is -2.09. The lowest BCUT2D eigenvalue weighted by molar-refractivity contribution is 0.0280. The maximum absolute atomic E-state index is 13.1. The van der Waals surface area contributed by atoms with Crippen LogP contribution in [-0.2, 0) is 11.3 Å². The van der Waals surface area contributed by atoms with E-state index in [-0.39, 0.29) is 17.6 Å². The van der Waals surface area contributed by atoms with E-state index in [0.29, 0.717) is 23.5 Å². The van der Waals surface area contributed by atoms with E-state index >= 15 is 0 Å². The standard InChI is InChI=1S/C24H19FN2O4/c1-16(22-26-27-23(31-22)18-7-11-20(25)12-8-18)30-24(28)19-9-13-21(14-10-19)29-15-17-5-3-2-4-6-17/h2-14,16H,15H2,1H3/t16-/m0/s1. The second kappa shape index (κ2) is 9.21. The Morgan fingerprint density at radius 2 is 1.68 bits per heavy atom. The Labute approximate surface area is 178 Å². The molecule has 4 aromatic rings. The molecule has 156 valence electrons. The van der Waals surface area contributed by atoms with Gasteiger partial charge in [0.1, 0.15) is 18.2 Å². The Bertz CT molecular complexity index is 1140. The highest BCUT2D eigenvalue weighted by Crippen LogP contribution is 2.24. The van der Waals surface area contributed by atoms with Crippen molar-refractivity contribution < 1.29 is 23.1 Å². The summed E-state index contributed by atoms with van der Waals surface area (Å²) in [7, 11) is 0. The van der Waals surface area contributed by atoms with Crippen molar-refractivity contribution in [3.05, 3.63) is 102 Å². The van der Waals surface area contributed by atoms with Gasteiger partial charge in [-0.2, -0.15) is 0 Å². The van der Waals surface area contributed by atoms with Crippen LogP contribution in [-0.4, -0.2) is 16.2 Å². The van der Waals surface area contributed by atoms with Crippen LogP contribution < -0.4 is 4.74 Å². The van der Waals surface area contributed by atoms with Gasteiger partial charge < -0.3 is 13.9 Å². The molecule has 0 aliphatic carbocycles. The zero-order chi connectivity index (χ0) is 21.6. The van der Waals surface area contributed by atoms with Gasteiger partial charge in [0, 0.05) is 5.56 Å². The van der Waals surface area contributed by atoms with Crippen LogP contribution in [0.4, 0.5) is 4.39 Å². The molecule has 0 aliphatic rings. The topological polar surface area (TPSA) is 74.5 Å². The van der Waals surface area contributed by atoms with Gasteiger partial charge in [0.05, 0.1) is 5.56 Å². The Hall–Kier alpha value is -4.00. The van der Waals surface area contributed by atoms with Crippen LogP contribution in [0.25, 0.3) is 11.5 Å². The van der Waals surface area contributed by atoms with Crippen LogP contribution in [0.1, 0.15) is 34.8 Å². The van der Waals surface area contributed by atoms with E-state index in [2.05, 4.69) is 10.2 Å². The summed E-state index contributed by atoms with van der Waals surface area (Å²) in [5.74, 6) is 0.133. The molecule has 0 N–H and O–H groups in total. The number of benzene rings is 3. The summed E-state index contributed by atoms with van der Waals surface area (Å²) in [6.07, 6.45) is -0.747. The minimum Gasteiger partial charge on any atom is -0.489 e. The van der Waals surface area contributed by atoms with Crippen LogP contribution in [0, 0.1) is 5.82 Å². The van der Waals surface area contributed by atoms with E-state index in [1.807, 2.05) is 30.3 Å². The van der Waals surface area contributed by atoms with Crippen molar-refractivity contribution in [2.24, 2.45) is 0 Å². The molecule has 0 amide bonds. The molecule has 1 aromatic heterocycles. The first-order chi connectivity index (χ1) is 15.1. The second-order valence-corrected chi connectivity index (χ2v) is 6.80. The largest absolute Gasteiger partial charge is 0.489 e. The van der Waals surface area contributed by atoms with Gasteiger partial charge >= 0.3 is 5.97 Å². The minimum absolute atomic E-state index is 0.149. The number of carbonyl (C=O) groups is 1. The third-order valence-electron chi connectivity index (χ3n) is 4.50. The molecule has 31 heavy (non-hydrogen) atoms. The molecule has 6 nitrogen and oxygen atoms in total. The molecule has 0 unspecified atom stereocenters.